The Labute approximate surface area is 356 Å². The minimum atomic E-state index is 0.712. The Balaban J connectivity index is 1.07. The molecular formula is C56H43N5. The fraction of sp³-hybridized carbons (Fsp3) is 0.0536. The number of benzene rings is 8. The Morgan fingerprint density at radius 2 is 1.03 bits per heavy atom. The van der Waals surface area contributed by atoms with Gasteiger partial charge in [-0.15, -0.1) is 0 Å². The van der Waals surface area contributed by atoms with Crippen molar-refractivity contribution in [1.29, 1.82) is 0 Å². The van der Waals surface area contributed by atoms with E-state index in [0.717, 1.165) is 39.5 Å². The first-order valence-electron chi connectivity index (χ1n) is 20.9. The summed E-state index contributed by atoms with van der Waals surface area (Å²) in [5.41, 5.74) is 17.3. The fourth-order valence-corrected chi connectivity index (χ4v) is 9.29. The van der Waals surface area contributed by atoms with Gasteiger partial charge in [-0.05, 0) is 120 Å². The van der Waals surface area contributed by atoms with Crippen LogP contribution in [0.3, 0.4) is 0 Å². The Morgan fingerprint density at radius 3 is 1.80 bits per heavy atom. The molecule has 0 unspecified atom stereocenters. The highest BCUT2D eigenvalue weighted by atomic mass is 15.4. The van der Waals surface area contributed by atoms with E-state index < -0.39 is 0 Å². The van der Waals surface area contributed by atoms with Gasteiger partial charge in [0.15, 0.2) is 0 Å². The summed E-state index contributed by atoms with van der Waals surface area (Å²) in [6.45, 7) is 5.14. The van der Waals surface area contributed by atoms with Gasteiger partial charge in [0.25, 0.3) is 0 Å². The minimum absolute atomic E-state index is 0.712. The SMILES string of the molecule is Cc1cccc(C)c1N(c1cccc(N2CN(c3ccccc3)c3ccccc32)c1)c1ccc2c3ccccc3n(-c3cc(-c4ccccc4-c4ccccc4)ccn3)c2c1. The standard InChI is InChI=1S/C56H43N5/c1-39-17-15-18-40(2)56(39)60(45-24-16-23-44(36-45)59-38-58(43-21-7-4-8-22-43)52-29-13-14-30-53(52)59)46-31-32-50-49-27-11-12-28-51(49)61(54(50)37-46)55-35-42(33-34-57-55)48-26-10-9-25-47(48)41-19-5-3-6-20-41/h3-37H,38H2,1-2H3. The summed E-state index contributed by atoms with van der Waals surface area (Å²) in [4.78, 5) is 12.3. The average molecular weight is 786 g/mol. The van der Waals surface area contributed by atoms with Crippen molar-refractivity contribution in [3.8, 4) is 28.1 Å². The van der Waals surface area contributed by atoms with E-state index in [-0.39, 0.29) is 0 Å². The molecule has 0 radical (unpaired) electrons. The van der Waals surface area contributed by atoms with Gasteiger partial charge in [-0.2, -0.15) is 0 Å². The molecule has 3 heterocycles. The molecule has 0 fully saturated rings. The third-order valence-electron chi connectivity index (χ3n) is 12.1. The zero-order chi connectivity index (χ0) is 40.9. The predicted octanol–water partition coefficient (Wildman–Crippen LogP) is 14.8. The largest absolute Gasteiger partial charge is 0.321 e. The second-order valence-electron chi connectivity index (χ2n) is 15.8. The number of para-hydroxylation sites is 5. The van der Waals surface area contributed by atoms with Crippen LogP contribution in [0.15, 0.2) is 212 Å². The monoisotopic (exact) mass is 785 g/mol. The minimum Gasteiger partial charge on any atom is -0.321 e. The zero-order valence-electron chi connectivity index (χ0n) is 34.2. The van der Waals surface area contributed by atoms with Gasteiger partial charge in [-0.25, -0.2) is 4.98 Å². The van der Waals surface area contributed by atoms with Gasteiger partial charge in [-0.1, -0.05) is 133 Å². The molecule has 0 spiro atoms. The number of aryl methyl sites for hydroxylation is 2. The van der Waals surface area contributed by atoms with E-state index >= 15 is 0 Å². The summed E-state index contributed by atoms with van der Waals surface area (Å²) in [7, 11) is 0. The van der Waals surface area contributed by atoms with Crippen LogP contribution in [0.25, 0.3) is 49.9 Å². The summed E-state index contributed by atoms with van der Waals surface area (Å²) >= 11 is 0. The average Bonchev–Trinajstić information content (AvgIpc) is 3.87. The fourth-order valence-electron chi connectivity index (χ4n) is 9.29. The van der Waals surface area contributed by atoms with Crippen molar-refractivity contribution < 1.29 is 0 Å². The number of rotatable bonds is 8. The molecule has 0 aliphatic carbocycles. The second-order valence-corrected chi connectivity index (χ2v) is 15.8. The highest BCUT2D eigenvalue weighted by Gasteiger charge is 2.29. The summed E-state index contributed by atoms with van der Waals surface area (Å²) in [5.74, 6) is 0.875. The van der Waals surface area contributed by atoms with Crippen molar-refractivity contribution in [1.82, 2.24) is 9.55 Å². The van der Waals surface area contributed by atoms with Crippen LogP contribution in [0.1, 0.15) is 11.1 Å². The van der Waals surface area contributed by atoms with Crippen LogP contribution in [0.5, 0.6) is 0 Å². The van der Waals surface area contributed by atoms with Crippen molar-refractivity contribution >= 4 is 61.6 Å². The van der Waals surface area contributed by atoms with Crippen LogP contribution >= 0.6 is 0 Å². The van der Waals surface area contributed by atoms with E-state index in [2.05, 4.69) is 239 Å². The van der Waals surface area contributed by atoms with E-state index in [1.54, 1.807) is 0 Å². The smallest absolute Gasteiger partial charge is 0.138 e. The number of pyridine rings is 1. The van der Waals surface area contributed by atoms with Crippen LogP contribution in [0.2, 0.25) is 0 Å². The molecule has 0 atom stereocenters. The van der Waals surface area contributed by atoms with Gasteiger partial charge < -0.3 is 14.7 Å². The van der Waals surface area contributed by atoms with E-state index in [0.29, 0.717) is 6.67 Å². The topological polar surface area (TPSA) is 27.5 Å². The maximum absolute atomic E-state index is 5.07. The molecule has 0 saturated carbocycles. The van der Waals surface area contributed by atoms with Crippen LogP contribution in [-0.4, -0.2) is 16.2 Å². The molecule has 2 aromatic heterocycles. The second kappa shape index (κ2) is 15.0. The molecule has 5 nitrogen and oxygen atoms in total. The quantitative estimate of drug-likeness (QED) is 0.153. The molecule has 5 heteroatoms. The van der Waals surface area contributed by atoms with Gasteiger partial charge in [0.2, 0.25) is 0 Å². The number of nitrogens with zero attached hydrogens (tertiary/aromatic N) is 5. The first kappa shape index (κ1) is 36.2. The summed E-state index contributed by atoms with van der Waals surface area (Å²) < 4.78 is 2.33. The maximum atomic E-state index is 5.07. The van der Waals surface area contributed by atoms with Crippen molar-refractivity contribution in [3.05, 3.63) is 224 Å². The lowest BCUT2D eigenvalue weighted by atomic mass is 9.95. The number of anilines is 7. The molecule has 1 aliphatic rings. The molecular weight excluding hydrogens is 743 g/mol. The molecule has 0 saturated heterocycles. The number of aromatic nitrogens is 2. The lowest BCUT2D eigenvalue weighted by Gasteiger charge is -2.30. The van der Waals surface area contributed by atoms with Gasteiger partial charge >= 0.3 is 0 Å². The third-order valence-corrected chi connectivity index (χ3v) is 12.1. The van der Waals surface area contributed by atoms with E-state index in [9.17, 15) is 0 Å². The highest BCUT2D eigenvalue weighted by Crippen LogP contribution is 2.47. The molecule has 11 rings (SSSR count). The molecule has 0 bridgehead atoms. The Morgan fingerprint density at radius 1 is 0.443 bits per heavy atom. The number of fused-ring (bicyclic) bond motifs is 4. The molecule has 0 amide bonds. The first-order valence-corrected chi connectivity index (χ1v) is 20.9. The molecule has 8 aromatic carbocycles. The number of hydrogen-bond acceptors (Lipinski definition) is 4. The number of hydrogen-bond donors (Lipinski definition) is 0. The van der Waals surface area contributed by atoms with Crippen molar-refractivity contribution in [2.75, 3.05) is 21.4 Å². The van der Waals surface area contributed by atoms with Gasteiger partial charge in [0.05, 0.1) is 28.1 Å². The van der Waals surface area contributed by atoms with Crippen LogP contribution in [0.4, 0.5) is 39.8 Å². The van der Waals surface area contributed by atoms with Gasteiger partial charge in [0.1, 0.15) is 12.5 Å². The lowest BCUT2D eigenvalue weighted by Crippen LogP contribution is -2.24. The van der Waals surface area contributed by atoms with Crippen LogP contribution < -0.4 is 14.7 Å². The first-order chi connectivity index (χ1) is 30.1. The normalized spacial score (nSPS) is 12.3. The van der Waals surface area contributed by atoms with Crippen LogP contribution in [0, 0.1) is 13.8 Å². The van der Waals surface area contributed by atoms with Crippen molar-refractivity contribution in [2.45, 2.75) is 13.8 Å². The van der Waals surface area contributed by atoms with E-state index in [1.807, 2.05) is 6.20 Å². The lowest BCUT2D eigenvalue weighted by molar-refractivity contribution is 0.990. The van der Waals surface area contributed by atoms with E-state index in [4.69, 9.17) is 4.98 Å². The Bertz CT molecular complexity index is 3200. The highest BCUT2D eigenvalue weighted by molar-refractivity contribution is 6.10. The maximum Gasteiger partial charge on any atom is 0.138 e. The van der Waals surface area contributed by atoms with Crippen molar-refractivity contribution in [2.24, 2.45) is 0 Å². The summed E-state index contributed by atoms with van der Waals surface area (Å²) in [6, 6.07) is 74.2. The molecule has 61 heavy (non-hydrogen) atoms. The third kappa shape index (κ3) is 6.30. The molecule has 1 aliphatic heterocycles. The molecule has 0 N–H and O–H groups in total. The predicted molar refractivity (Wildman–Crippen MR) is 256 cm³/mol. The van der Waals surface area contributed by atoms with E-state index in [1.165, 1.54) is 61.3 Å². The molecule has 292 valence electrons. The zero-order valence-corrected chi connectivity index (χ0v) is 34.2. The van der Waals surface area contributed by atoms with Gasteiger partial charge in [0, 0.05) is 39.7 Å². The Hall–Kier alpha value is -7.89. The Kier molecular flexibility index (Phi) is 8.93. The van der Waals surface area contributed by atoms with Gasteiger partial charge in [-0.3, -0.25) is 4.57 Å². The molecule has 10 aromatic rings. The summed E-state index contributed by atoms with van der Waals surface area (Å²) in [6.07, 6.45) is 1.95. The van der Waals surface area contributed by atoms with Crippen molar-refractivity contribution in [3.63, 3.8) is 0 Å². The summed E-state index contributed by atoms with van der Waals surface area (Å²) in [5, 5.41) is 2.37. The van der Waals surface area contributed by atoms with Crippen LogP contribution in [-0.2, 0) is 0 Å².